The van der Waals surface area contributed by atoms with E-state index in [9.17, 15) is 0 Å². The number of rotatable bonds is 5. The van der Waals surface area contributed by atoms with Crippen molar-refractivity contribution in [1.82, 2.24) is 10.2 Å². The second kappa shape index (κ2) is 8.45. The Kier molecular flexibility index (Phi) is 6.57. The van der Waals surface area contributed by atoms with E-state index in [4.69, 9.17) is 23.8 Å². The van der Waals surface area contributed by atoms with Crippen LogP contribution in [0.4, 0.5) is 5.69 Å². The van der Waals surface area contributed by atoms with E-state index in [0.29, 0.717) is 5.11 Å². The topological polar surface area (TPSA) is 27.3 Å². The van der Waals surface area contributed by atoms with Gasteiger partial charge in [-0.05, 0) is 75.4 Å². The molecule has 2 rings (SSSR count). The van der Waals surface area contributed by atoms with Gasteiger partial charge in [0.1, 0.15) is 0 Å². The van der Waals surface area contributed by atoms with Crippen LogP contribution in [0, 0.1) is 0 Å². The molecule has 1 heterocycles. The molecule has 2 N–H and O–H groups in total. The Balaban J connectivity index is 1.59. The molecular weight excluding hydrogens is 290 g/mol. The first kappa shape index (κ1) is 15.5. The number of halogens is 1. The van der Waals surface area contributed by atoms with Crippen LogP contribution in [-0.4, -0.2) is 36.2 Å². The average Bonchev–Trinajstić information content (AvgIpc) is 2.47. The highest BCUT2D eigenvalue weighted by Gasteiger charge is 2.08. The van der Waals surface area contributed by atoms with Gasteiger partial charge in [-0.2, -0.15) is 0 Å². The Bertz CT molecular complexity index is 416. The lowest BCUT2D eigenvalue weighted by Gasteiger charge is -2.26. The molecule has 1 aromatic rings. The third-order valence-corrected chi connectivity index (χ3v) is 3.99. The highest BCUT2D eigenvalue weighted by Crippen LogP contribution is 2.13. The van der Waals surface area contributed by atoms with Crippen molar-refractivity contribution in [1.29, 1.82) is 0 Å². The Morgan fingerprint density at radius 2 is 1.85 bits per heavy atom. The zero-order chi connectivity index (χ0) is 14.2. The van der Waals surface area contributed by atoms with Gasteiger partial charge in [-0.3, -0.25) is 0 Å². The maximum Gasteiger partial charge on any atom is 0.170 e. The number of nitrogens with zero attached hydrogens (tertiary/aromatic N) is 1. The van der Waals surface area contributed by atoms with Crippen LogP contribution in [0.15, 0.2) is 24.3 Å². The summed E-state index contributed by atoms with van der Waals surface area (Å²) in [6.07, 6.45) is 5.22. The molecule has 3 nitrogen and oxygen atoms in total. The summed E-state index contributed by atoms with van der Waals surface area (Å²) < 4.78 is 0. The Morgan fingerprint density at radius 1 is 1.15 bits per heavy atom. The Morgan fingerprint density at radius 3 is 2.55 bits per heavy atom. The van der Waals surface area contributed by atoms with Crippen LogP contribution in [0.1, 0.15) is 25.7 Å². The maximum absolute atomic E-state index is 5.84. The van der Waals surface area contributed by atoms with E-state index in [-0.39, 0.29) is 0 Å². The predicted octanol–water partition coefficient (Wildman–Crippen LogP) is 3.50. The molecular formula is C15H22ClN3S. The fourth-order valence-electron chi connectivity index (χ4n) is 2.40. The number of hydrogen-bond donors (Lipinski definition) is 2. The van der Waals surface area contributed by atoms with E-state index >= 15 is 0 Å². The molecule has 0 atom stereocenters. The lowest BCUT2D eigenvalue weighted by atomic mass is 10.1. The fraction of sp³-hybridized carbons (Fsp3) is 0.533. The molecule has 1 fully saturated rings. The summed E-state index contributed by atoms with van der Waals surface area (Å²) in [5.41, 5.74) is 0.961. The number of likely N-dealkylation sites (tertiary alicyclic amines) is 1. The normalized spacial score (nSPS) is 15.8. The third kappa shape index (κ3) is 5.65. The largest absolute Gasteiger partial charge is 0.362 e. The van der Waals surface area contributed by atoms with Crippen molar-refractivity contribution in [3.63, 3.8) is 0 Å². The molecule has 0 amide bonds. The predicted molar refractivity (Wildman–Crippen MR) is 90.6 cm³/mol. The molecule has 0 aliphatic carbocycles. The monoisotopic (exact) mass is 311 g/mol. The third-order valence-electron chi connectivity index (χ3n) is 3.49. The van der Waals surface area contributed by atoms with Crippen LogP contribution >= 0.6 is 23.8 Å². The maximum atomic E-state index is 5.84. The van der Waals surface area contributed by atoms with Gasteiger partial charge in [-0.25, -0.2) is 0 Å². The van der Waals surface area contributed by atoms with Gasteiger partial charge in [0.25, 0.3) is 0 Å². The minimum Gasteiger partial charge on any atom is -0.362 e. The molecule has 110 valence electrons. The lowest BCUT2D eigenvalue weighted by Crippen LogP contribution is -2.34. The number of hydrogen-bond acceptors (Lipinski definition) is 2. The average molecular weight is 312 g/mol. The molecule has 1 aliphatic rings. The molecule has 0 radical (unpaired) electrons. The van der Waals surface area contributed by atoms with Crippen LogP contribution < -0.4 is 10.6 Å². The van der Waals surface area contributed by atoms with Crippen molar-refractivity contribution in [3.05, 3.63) is 29.3 Å². The van der Waals surface area contributed by atoms with Gasteiger partial charge >= 0.3 is 0 Å². The van der Waals surface area contributed by atoms with Crippen LogP contribution in [0.2, 0.25) is 5.02 Å². The van der Waals surface area contributed by atoms with Crippen molar-refractivity contribution in [3.8, 4) is 0 Å². The van der Waals surface area contributed by atoms with Gasteiger partial charge in [0.2, 0.25) is 0 Å². The van der Waals surface area contributed by atoms with Crippen LogP contribution in [-0.2, 0) is 0 Å². The number of anilines is 1. The van der Waals surface area contributed by atoms with Gasteiger partial charge < -0.3 is 15.5 Å². The summed E-state index contributed by atoms with van der Waals surface area (Å²) in [7, 11) is 0. The van der Waals surface area contributed by atoms with E-state index in [1.165, 1.54) is 32.4 Å². The first-order valence-electron chi connectivity index (χ1n) is 7.27. The summed E-state index contributed by atoms with van der Waals surface area (Å²) >= 11 is 11.1. The highest BCUT2D eigenvalue weighted by molar-refractivity contribution is 7.80. The smallest absolute Gasteiger partial charge is 0.170 e. The van der Waals surface area contributed by atoms with Crippen molar-refractivity contribution >= 4 is 34.6 Å². The summed E-state index contributed by atoms with van der Waals surface area (Å²) in [6.45, 7) is 4.59. The minimum atomic E-state index is 0.672. The minimum absolute atomic E-state index is 0.672. The van der Waals surface area contributed by atoms with Crippen LogP contribution in [0.3, 0.4) is 0 Å². The van der Waals surface area contributed by atoms with Crippen molar-refractivity contribution < 1.29 is 0 Å². The highest BCUT2D eigenvalue weighted by atomic mass is 35.5. The summed E-state index contributed by atoms with van der Waals surface area (Å²) in [4.78, 5) is 2.54. The molecule has 20 heavy (non-hydrogen) atoms. The van der Waals surface area contributed by atoms with Gasteiger partial charge in [0, 0.05) is 17.3 Å². The van der Waals surface area contributed by atoms with E-state index in [0.717, 1.165) is 30.2 Å². The number of thiocarbonyl (C=S) groups is 1. The lowest BCUT2D eigenvalue weighted by molar-refractivity contribution is 0.227. The molecule has 0 aromatic heterocycles. The molecule has 1 aromatic carbocycles. The quantitative estimate of drug-likeness (QED) is 0.643. The Hall–Kier alpha value is -0.840. The van der Waals surface area contributed by atoms with E-state index in [2.05, 4.69) is 15.5 Å². The van der Waals surface area contributed by atoms with Crippen molar-refractivity contribution in [2.75, 3.05) is 31.5 Å². The Labute approximate surface area is 131 Å². The molecule has 0 unspecified atom stereocenters. The molecule has 0 bridgehead atoms. The number of benzene rings is 1. The van der Waals surface area contributed by atoms with Gasteiger partial charge in [-0.1, -0.05) is 18.0 Å². The standard InChI is InChI=1S/C15H22ClN3S/c16-13-5-7-14(8-6-13)18-15(20)17-9-4-12-19-10-2-1-3-11-19/h5-8H,1-4,9-12H2,(H2,17,18,20). The number of nitrogens with one attached hydrogen (secondary N) is 2. The second-order valence-electron chi connectivity index (χ2n) is 5.14. The van der Waals surface area contributed by atoms with Gasteiger partial charge in [-0.15, -0.1) is 0 Å². The molecule has 0 saturated carbocycles. The van der Waals surface area contributed by atoms with E-state index in [1.54, 1.807) is 0 Å². The summed E-state index contributed by atoms with van der Waals surface area (Å²) in [5.74, 6) is 0. The van der Waals surface area contributed by atoms with Crippen LogP contribution in [0.5, 0.6) is 0 Å². The first-order valence-corrected chi connectivity index (χ1v) is 8.05. The summed E-state index contributed by atoms with van der Waals surface area (Å²) in [6, 6.07) is 7.54. The molecule has 1 saturated heterocycles. The van der Waals surface area contributed by atoms with E-state index in [1.807, 2.05) is 24.3 Å². The van der Waals surface area contributed by atoms with Crippen LogP contribution in [0.25, 0.3) is 0 Å². The van der Waals surface area contributed by atoms with Gasteiger partial charge in [0.05, 0.1) is 0 Å². The summed E-state index contributed by atoms with van der Waals surface area (Å²) in [5, 5.41) is 7.81. The van der Waals surface area contributed by atoms with Crippen molar-refractivity contribution in [2.45, 2.75) is 25.7 Å². The SMILES string of the molecule is S=C(NCCCN1CCCCC1)Nc1ccc(Cl)cc1. The second-order valence-corrected chi connectivity index (χ2v) is 5.99. The fourth-order valence-corrected chi connectivity index (χ4v) is 2.74. The van der Waals surface area contributed by atoms with Gasteiger partial charge in [0.15, 0.2) is 5.11 Å². The van der Waals surface area contributed by atoms with E-state index < -0.39 is 0 Å². The molecule has 1 aliphatic heterocycles. The zero-order valence-corrected chi connectivity index (χ0v) is 13.3. The zero-order valence-electron chi connectivity index (χ0n) is 11.7. The first-order chi connectivity index (χ1) is 9.74. The number of piperidine rings is 1. The molecule has 5 heteroatoms. The molecule has 0 spiro atoms. The van der Waals surface area contributed by atoms with Crippen molar-refractivity contribution in [2.24, 2.45) is 0 Å².